The zero-order valence-electron chi connectivity index (χ0n) is 14.8. The van der Waals surface area contributed by atoms with E-state index in [9.17, 15) is 13.2 Å². The van der Waals surface area contributed by atoms with Crippen molar-refractivity contribution in [2.45, 2.75) is 13.1 Å². The Bertz CT molecular complexity index is 1140. The largest absolute Gasteiger partial charge is 0.416 e. The maximum atomic E-state index is 12.8. The first-order valence-electron chi connectivity index (χ1n) is 8.54. The molecule has 0 amide bonds. The van der Waals surface area contributed by atoms with Crippen molar-refractivity contribution in [1.29, 1.82) is 0 Å². The van der Waals surface area contributed by atoms with Crippen LogP contribution in [0, 0.1) is 6.92 Å². The Kier molecular flexibility index (Phi) is 4.43. The number of nitrogens with zero attached hydrogens (tertiary/aromatic N) is 3. The molecule has 28 heavy (non-hydrogen) atoms. The van der Waals surface area contributed by atoms with Crippen LogP contribution in [0.4, 0.5) is 24.7 Å². The first-order valence-corrected chi connectivity index (χ1v) is 8.54. The van der Waals surface area contributed by atoms with Crippen molar-refractivity contribution in [1.82, 2.24) is 15.2 Å². The van der Waals surface area contributed by atoms with Crippen molar-refractivity contribution in [2.75, 3.05) is 5.32 Å². The second kappa shape index (κ2) is 6.92. The van der Waals surface area contributed by atoms with Crippen LogP contribution in [-0.2, 0) is 6.18 Å². The molecule has 0 saturated carbocycles. The zero-order chi connectivity index (χ0) is 19.7. The maximum absolute atomic E-state index is 12.8. The molecular weight excluding hydrogens is 365 g/mol. The standard InChI is InChI=1S/C21H15F3N4/c1-13-11-17-18(3-2-4-19(17)28-27-13)26-20-12-15(9-10-25-20)14-5-7-16(8-6-14)21(22,23)24/h2-12H,1H3,(H,25,26). The lowest BCUT2D eigenvalue weighted by Crippen LogP contribution is -2.04. The Morgan fingerprint density at radius 2 is 1.64 bits per heavy atom. The molecule has 2 aromatic carbocycles. The molecule has 4 aromatic rings. The first-order chi connectivity index (χ1) is 13.4. The molecule has 140 valence electrons. The topological polar surface area (TPSA) is 50.7 Å². The van der Waals surface area contributed by atoms with Crippen molar-refractivity contribution in [3.8, 4) is 11.1 Å². The number of aryl methyl sites for hydroxylation is 1. The van der Waals surface area contributed by atoms with Crippen molar-refractivity contribution in [3.05, 3.63) is 78.1 Å². The predicted molar refractivity (Wildman–Crippen MR) is 102 cm³/mol. The molecule has 0 aliphatic heterocycles. The molecule has 7 heteroatoms. The average Bonchev–Trinajstić information content (AvgIpc) is 2.68. The molecule has 4 nitrogen and oxygen atoms in total. The van der Waals surface area contributed by atoms with Gasteiger partial charge >= 0.3 is 6.18 Å². The molecule has 2 aromatic heterocycles. The summed E-state index contributed by atoms with van der Waals surface area (Å²) in [5.41, 5.74) is 3.16. The van der Waals surface area contributed by atoms with Crippen LogP contribution in [0.5, 0.6) is 0 Å². The molecule has 0 aliphatic rings. The fourth-order valence-electron chi connectivity index (χ4n) is 2.94. The molecule has 0 saturated heterocycles. The van der Waals surface area contributed by atoms with E-state index in [1.807, 2.05) is 31.2 Å². The van der Waals surface area contributed by atoms with E-state index in [-0.39, 0.29) is 0 Å². The van der Waals surface area contributed by atoms with Crippen molar-refractivity contribution in [2.24, 2.45) is 0 Å². The number of rotatable bonds is 3. The molecule has 0 spiro atoms. The fraction of sp³-hybridized carbons (Fsp3) is 0.0952. The Morgan fingerprint density at radius 3 is 2.39 bits per heavy atom. The van der Waals surface area contributed by atoms with Gasteiger partial charge in [-0.1, -0.05) is 18.2 Å². The molecular formula is C21H15F3N4. The van der Waals surface area contributed by atoms with Crippen LogP contribution < -0.4 is 5.32 Å². The lowest BCUT2D eigenvalue weighted by atomic mass is 10.0. The van der Waals surface area contributed by atoms with Crippen LogP contribution in [0.2, 0.25) is 0 Å². The van der Waals surface area contributed by atoms with Crippen molar-refractivity contribution >= 4 is 22.4 Å². The Labute approximate surface area is 159 Å². The zero-order valence-corrected chi connectivity index (χ0v) is 14.8. The summed E-state index contributed by atoms with van der Waals surface area (Å²) in [7, 11) is 0. The second-order valence-corrected chi connectivity index (χ2v) is 6.35. The van der Waals surface area contributed by atoms with Crippen LogP contribution in [0.25, 0.3) is 22.0 Å². The molecule has 0 unspecified atom stereocenters. The molecule has 0 bridgehead atoms. The second-order valence-electron chi connectivity index (χ2n) is 6.35. The summed E-state index contributed by atoms with van der Waals surface area (Å²) in [6, 6.07) is 16.2. The van der Waals surface area contributed by atoms with Crippen molar-refractivity contribution in [3.63, 3.8) is 0 Å². The highest BCUT2D eigenvalue weighted by Gasteiger charge is 2.29. The van der Waals surface area contributed by atoms with E-state index in [0.29, 0.717) is 11.4 Å². The lowest BCUT2D eigenvalue weighted by Gasteiger charge is -2.11. The van der Waals surface area contributed by atoms with E-state index in [1.165, 1.54) is 12.1 Å². The maximum Gasteiger partial charge on any atom is 0.416 e. The number of fused-ring (bicyclic) bond motifs is 1. The van der Waals surface area contributed by atoms with Gasteiger partial charge < -0.3 is 5.32 Å². The summed E-state index contributed by atoms with van der Waals surface area (Å²) in [6.07, 6.45) is -2.73. The third-order valence-corrected chi connectivity index (χ3v) is 4.32. The van der Waals surface area contributed by atoms with E-state index in [2.05, 4.69) is 20.5 Å². The Morgan fingerprint density at radius 1 is 0.857 bits per heavy atom. The van der Waals surface area contributed by atoms with Gasteiger partial charge in [0.2, 0.25) is 0 Å². The normalized spacial score (nSPS) is 11.6. The average molecular weight is 380 g/mol. The quantitative estimate of drug-likeness (QED) is 0.491. The van der Waals surface area contributed by atoms with Crippen LogP contribution in [-0.4, -0.2) is 15.2 Å². The number of halogens is 3. The summed E-state index contributed by atoms with van der Waals surface area (Å²) in [5.74, 6) is 0.583. The summed E-state index contributed by atoms with van der Waals surface area (Å²) in [5, 5.41) is 12.4. The van der Waals surface area contributed by atoms with Crippen molar-refractivity contribution < 1.29 is 13.2 Å². The minimum atomic E-state index is -4.35. The number of benzene rings is 2. The van der Waals surface area contributed by atoms with Gasteiger partial charge in [-0.05, 0) is 60.5 Å². The summed E-state index contributed by atoms with van der Waals surface area (Å²) in [6.45, 7) is 1.87. The van der Waals surface area contributed by atoms with Gasteiger partial charge in [-0.3, -0.25) is 0 Å². The third kappa shape index (κ3) is 3.64. The highest BCUT2D eigenvalue weighted by atomic mass is 19.4. The highest BCUT2D eigenvalue weighted by Crippen LogP contribution is 2.32. The molecule has 0 aliphatic carbocycles. The number of hydrogen-bond acceptors (Lipinski definition) is 4. The van der Waals surface area contributed by atoms with E-state index in [1.54, 1.807) is 18.3 Å². The van der Waals surface area contributed by atoms with Gasteiger partial charge in [0.1, 0.15) is 5.82 Å². The smallest absolute Gasteiger partial charge is 0.340 e. The molecule has 1 N–H and O–H groups in total. The van der Waals surface area contributed by atoms with Gasteiger partial charge in [0.25, 0.3) is 0 Å². The van der Waals surface area contributed by atoms with Gasteiger partial charge in [0, 0.05) is 17.3 Å². The monoisotopic (exact) mass is 380 g/mol. The Hall–Kier alpha value is -3.48. The molecule has 2 heterocycles. The molecule has 0 atom stereocenters. The minimum absolute atomic E-state index is 0.583. The predicted octanol–water partition coefficient (Wildman–Crippen LogP) is 5.76. The van der Waals surface area contributed by atoms with Gasteiger partial charge in [-0.2, -0.15) is 23.4 Å². The van der Waals surface area contributed by atoms with Gasteiger partial charge in [0.05, 0.1) is 16.8 Å². The van der Waals surface area contributed by atoms with E-state index in [4.69, 9.17) is 0 Å². The van der Waals surface area contributed by atoms with Crippen LogP contribution in [0.3, 0.4) is 0 Å². The van der Waals surface area contributed by atoms with Crippen LogP contribution in [0.15, 0.2) is 66.9 Å². The minimum Gasteiger partial charge on any atom is -0.340 e. The first kappa shape index (κ1) is 17.9. The number of hydrogen-bond donors (Lipinski definition) is 1. The summed E-state index contributed by atoms with van der Waals surface area (Å²) < 4.78 is 38.3. The number of pyridine rings is 1. The number of anilines is 2. The summed E-state index contributed by atoms with van der Waals surface area (Å²) >= 11 is 0. The molecule has 4 rings (SSSR count). The van der Waals surface area contributed by atoms with Gasteiger partial charge in [-0.25, -0.2) is 4.98 Å². The van der Waals surface area contributed by atoms with Gasteiger partial charge in [-0.15, -0.1) is 0 Å². The fourth-order valence-corrected chi connectivity index (χ4v) is 2.94. The Balaban J connectivity index is 1.66. The van der Waals surface area contributed by atoms with E-state index >= 15 is 0 Å². The van der Waals surface area contributed by atoms with Crippen LogP contribution >= 0.6 is 0 Å². The molecule has 0 radical (unpaired) electrons. The van der Waals surface area contributed by atoms with Crippen LogP contribution in [0.1, 0.15) is 11.3 Å². The van der Waals surface area contributed by atoms with E-state index < -0.39 is 11.7 Å². The SMILES string of the molecule is Cc1cc2c(Nc3cc(-c4ccc(C(F)(F)F)cc4)ccn3)cccc2nn1. The molecule has 0 fully saturated rings. The van der Waals surface area contributed by atoms with E-state index in [0.717, 1.165) is 40.0 Å². The summed E-state index contributed by atoms with van der Waals surface area (Å²) in [4.78, 5) is 4.32. The number of alkyl halides is 3. The number of aromatic nitrogens is 3. The third-order valence-electron chi connectivity index (χ3n) is 4.32. The highest BCUT2D eigenvalue weighted by molar-refractivity contribution is 5.92. The lowest BCUT2D eigenvalue weighted by molar-refractivity contribution is -0.137. The van der Waals surface area contributed by atoms with Gasteiger partial charge in [0.15, 0.2) is 0 Å². The number of nitrogens with one attached hydrogen (secondary N) is 1.